The topological polar surface area (TPSA) is 46.9 Å². The second-order valence-electron chi connectivity index (χ2n) is 3.31. The van der Waals surface area contributed by atoms with Gasteiger partial charge in [-0.15, -0.1) is 0 Å². The zero-order valence-corrected chi connectivity index (χ0v) is 13.9. The van der Waals surface area contributed by atoms with Crippen molar-refractivity contribution in [2.75, 3.05) is 39.4 Å². The van der Waals surface area contributed by atoms with Crippen LogP contribution in [-0.2, 0) is 0 Å². The van der Waals surface area contributed by atoms with Gasteiger partial charge in [-0.05, 0) is 35.4 Å². The van der Waals surface area contributed by atoms with Gasteiger partial charge in [-0.3, -0.25) is 0 Å². The van der Waals surface area contributed by atoms with E-state index in [1.165, 1.54) is 21.6 Å². The zero-order valence-electron chi connectivity index (χ0n) is 10.7. The number of likely N-dealkylation sites (N-methyl/N-ethyl adjacent to an activating group) is 2. The van der Waals surface area contributed by atoms with Gasteiger partial charge in [0.05, 0.1) is 13.2 Å². The second kappa shape index (κ2) is 11.2. The molecule has 8 heteroatoms. The number of thiocarbonyl (C=S) groups is 2. The largest absolute Gasteiger partial charge is 0.395 e. The first kappa shape index (κ1) is 18.4. The number of hydrogen-bond acceptors (Lipinski definition) is 6. The van der Waals surface area contributed by atoms with Crippen LogP contribution >= 0.6 is 46.0 Å². The molecule has 0 radical (unpaired) electrons. The molecule has 0 bridgehead atoms. The third-order valence-corrected chi connectivity index (χ3v) is 5.94. The summed E-state index contributed by atoms with van der Waals surface area (Å²) < 4.78 is 1.44. The lowest BCUT2D eigenvalue weighted by molar-refractivity contribution is 0.256. The van der Waals surface area contributed by atoms with Gasteiger partial charge in [-0.2, -0.15) is 0 Å². The Labute approximate surface area is 127 Å². The lowest BCUT2D eigenvalue weighted by atomic mass is 10.5. The monoisotopic (exact) mass is 328 g/mol. The number of rotatable bonds is 6. The quantitative estimate of drug-likeness (QED) is 0.563. The van der Waals surface area contributed by atoms with Crippen molar-refractivity contribution in [2.45, 2.75) is 13.8 Å². The fourth-order valence-corrected chi connectivity index (χ4v) is 4.08. The maximum atomic E-state index is 8.91. The summed E-state index contributed by atoms with van der Waals surface area (Å²) in [7, 11) is 2.85. The Kier molecular flexibility index (Phi) is 11.5. The Morgan fingerprint density at radius 1 is 0.889 bits per heavy atom. The zero-order chi connectivity index (χ0) is 14.0. The Hall–Kier alpha value is 0.400. The summed E-state index contributed by atoms with van der Waals surface area (Å²) in [5.74, 6) is 0. The molecule has 18 heavy (non-hydrogen) atoms. The lowest BCUT2D eigenvalue weighted by Gasteiger charge is -2.24. The summed E-state index contributed by atoms with van der Waals surface area (Å²) in [6, 6.07) is 0. The Morgan fingerprint density at radius 2 is 1.22 bits per heavy atom. The number of aliphatic hydroxyl groups is 2. The molecule has 0 aliphatic rings. The van der Waals surface area contributed by atoms with Gasteiger partial charge < -0.3 is 20.0 Å². The second-order valence-corrected chi connectivity index (χ2v) is 6.70. The Bertz CT molecular complexity index is 240. The molecule has 0 aromatic rings. The predicted molar refractivity (Wildman–Crippen MR) is 89.0 cm³/mol. The first-order valence-electron chi connectivity index (χ1n) is 5.74. The molecule has 0 saturated carbocycles. The molecule has 0 atom stereocenters. The van der Waals surface area contributed by atoms with Crippen LogP contribution in [0.25, 0.3) is 0 Å². The fourth-order valence-electron chi connectivity index (χ4n) is 1.18. The smallest absolute Gasteiger partial charge is 0.147 e. The van der Waals surface area contributed by atoms with Crippen LogP contribution < -0.4 is 0 Å². The molecule has 0 amide bonds. The first-order valence-corrected chi connectivity index (χ1v) is 8.71. The highest BCUT2D eigenvalue weighted by molar-refractivity contribution is 8.89. The molecule has 0 unspecified atom stereocenters. The Balaban J connectivity index is 4.13. The summed E-state index contributed by atoms with van der Waals surface area (Å²) in [4.78, 5) is 3.86. The van der Waals surface area contributed by atoms with Crippen molar-refractivity contribution in [1.82, 2.24) is 9.80 Å². The molecular formula is C10H20N2O2S4. The van der Waals surface area contributed by atoms with E-state index in [0.717, 1.165) is 21.7 Å². The molecule has 0 aromatic heterocycles. The van der Waals surface area contributed by atoms with Crippen LogP contribution in [0.1, 0.15) is 13.8 Å². The van der Waals surface area contributed by atoms with Crippen molar-refractivity contribution in [2.24, 2.45) is 0 Å². The van der Waals surface area contributed by atoms with Gasteiger partial charge in [-0.25, -0.2) is 0 Å². The standard InChI is InChI=1S/C10H20N2O2S4/c1-3-11(5-7-13)9(15)17-18-10(16)12(4-2)6-8-14/h13-14H,3-8H2,1-2H3. The van der Waals surface area contributed by atoms with E-state index in [1.807, 2.05) is 23.6 Å². The third-order valence-electron chi connectivity index (χ3n) is 2.20. The van der Waals surface area contributed by atoms with Gasteiger partial charge in [0.1, 0.15) is 8.64 Å². The number of aliphatic hydroxyl groups excluding tert-OH is 2. The van der Waals surface area contributed by atoms with Crippen LogP contribution in [-0.4, -0.2) is 68.0 Å². The number of nitrogens with zero attached hydrogens (tertiary/aromatic N) is 2. The van der Waals surface area contributed by atoms with Crippen molar-refractivity contribution in [3.63, 3.8) is 0 Å². The van der Waals surface area contributed by atoms with E-state index >= 15 is 0 Å². The van der Waals surface area contributed by atoms with Crippen LogP contribution in [0.15, 0.2) is 0 Å². The van der Waals surface area contributed by atoms with Crippen LogP contribution in [0.5, 0.6) is 0 Å². The maximum Gasteiger partial charge on any atom is 0.147 e. The van der Waals surface area contributed by atoms with Crippen molar-refractivity contribution in [3.05, 3.63) is 0 Å². The van der Waals surface area contributed by atoms with E-state index in [2.05, 4.69) is 0 Å². The SMILES string of the molecule is CCN(CCO)C(=S)SSC(=S)N(CC)CCO. The molecule has 0 aromatic carbocycles. The van der Waals surface area contributed by atoms with Crippen LogP contribution in [0.3, 0.4) is 0 Å². The van der Waals surface area contributed by atoms with Crippen LogP contribution in [0.4, 0.5) is 0 Å². The van der Waals surface area contributed by atoms with Crippen molar-refractivity contribution >= 4 is 54.7 Å². The maximum absolute atomic E-state index is 8.91. The van der Waals surface area contributed by atoms with Gasteiger partial charge >= 0.3 is 0 Å². The highest BCUT2D eigenvalue weighted by Crippen LogP contribution is 2.28. The Morgan fingerprint density at radius 3 is 1.44 bits per heavy atom. The predicted octanol–water partition coefficient (Wildman–Crippen LogP) is 1.57. The highest BCUT2D eigenvalue weighted by Gasteiger charge is 2.12. The van der Waals surface area contributed by atoms with Crippen molar-refractivity contribution < 1.29 is 10.2 Å². The summed E-state index contributed by atoms with van der Waals surface area (Å²) in [6.07, 6.45) is 0. The minimum absolute atomic E-state index is 0.0925. The van der Waals surface area contributed by atoms with E-state index in [4.69, 9.17) is 34.6 Å². The van der Waals surface area contributed by atoms with Gasteiger partial charge in [0.25, 0.3) is 0 Å². The lowest BCUT2D eigenvalue weighted by Crippen LogP contribution is -2.31. The van der Waals surface area contributed by atoms with E-state index in [1.54, 1.807) is 0 Å². The van der Waals surface area contributed by atoms with Crippen molar-refractivity contribution in [3.8, 4) is 0 Å². The summed E-state index contributed by atoms with van der Waals surface area (Å²) in [5.41, 5.74) is 0. The minimum atomic E-state index is 0.0925. The van der Waals surface area contributed by atoms with Gasteiger partial charge in [0, 0.05) is 26.2 Å². The van der Waals surface area contributed by atoms with E-state index in [0.29, 0.717) is 13.1 Å². The van der Waals surface area contributed by atoms with E-state index in [9.17, 15) is 0 Å². The highest BCUT2D eigenvalue weighted by atomic mass is 33.1. The third kappa shape index (κ3) is 7.10. The molecule has 0 aliphatic heterocycles. The fraction of sp³-hybridized carbons (Fsp3) is 0.800. The van der Waals surface area contributed by atoms with Gasteiger partial charge in [0.2, 0.25) is 0 Å². The molecule has 0 fully saturated rings. The average Bonchev–Trinajstić information content (AvgIpc) is 2.38. The van der Waals surface area contributed by atoms with Crippen molar-refractivity contribution in [1.29, 1.82) is 0 Å². The minimum Gasteiger partial charge on any atom is -0.395 e. The molecule has 4 nitrogen and oxygen atoms in total. The molecule has 106 valence electrons. The summed E-state index contributed by atoms with van der Waals surface area (Å²) >= 11 is 10.6. The van der Waals surface area contributed by atoms with Gasteiger partial charge in [-0.1, -0.05) is 24.4 Å². The molecule has 0 heterocycles. The molecular weight excluding hydrogens is 308 g/mol. The summed E-state index contributed by atoms with van der Waals surface area (Å²) in [6.45, 7) is 6.81. The molecule has 0 rings (SSSR count). The molecule has 0 spiro atoms. The van der Waals surface area contributed by atoms with Crippen LogP contribution in [0, 0.1) is 0 Å². The first-order chi connectivity index (χ1) is 8.60. The normalized spacial score (nSPS) is 10.2. The summed E-state index contributed by atoms with van der Waals surface area (Å²) in [5, 5.41) is 17.8. The molecule has 0 aliphatic carbocycles. The molecule has 0 saturated heterocycles. The number of hydrogen-bond donors (Lipinski definition) is 2. The molecule has 2 N–H and O–H groups in total. The van der Waals surface area contributed by atoms with Gasteiger partial charge in [0.15, 0.2) is 0 Å². The van der Waals surface area contributed by atoms with E-state index in [-0.39, 0.29) is 13.2 Å². The van der Waals surface area contributed by atoms with Crippen LogP contribution in [0.2, 0.25) is 0 Å². The average molecular weight is 329 g/mol. The van der Waals surface area contributed by atoms with E-state index < -0.39 is 0 Å².